The minimum Gasteiger partial charge on any atom is -0.492 e. The van der Waals surface area contributed by atoms with E-state index in [1.54, 1.807) is 18.2 Å². The van der Waals surface area contributed by atoms with Crippen molar-refractivity contribution in [3.63, 3.8) is 0 Å². The van der Waals surface area contributed by atoms with E-state index in [0.717, 1.165) is 25.7 Å². The van der Waals surface area contributed by atoms with Gasteiger partial charge in [-0.15, -0.1) is 0 Å². The fourth-order valence-corrected chi connectivity index (χ4v) is 3.51. The van der Waals surface area contributed by atoms with Gasteiger partial charge in [0.1, 0.15) is 11.4 Å². The minimum absolute atomic E-state index is 0.0777. The number of carbonyl (C=O) groups excluding carboxylic acids is 1. The average Bonchev–Trinajstić information content (AvgIpc) is 2.50. The second-order valence-electron chi connectivity index (χ2n) is 6.16. The van der Waals surface area contributed by atoms with E-state index < -0.39 is 5.60 Å². The van der Waals surface area contributed by atoms with E-state index in [1.807, 2.05) is 13.8 Å². The molecule has 23 heavy (non-hydrogen) atoms. The molecular weight excluding hydrogens is 314 g/mol. The molecule has 0 heterocycles. The first-order valence-electron chi connectivity index (χ1n) is 8.38. The Labute approximate surface area is 143 Å². The molecule has 0 spiro atoms. The van der Waals surface area contributed by atoms with Gasteiger partial charge in [-0.25, -0.2) is 0 Å². The topological polar surface area (TPSA) is 47.6 Å². The number of rotatable bonds is 6. The number of halogens is 1. The van der Waals surface area contributed by atoms with Crippen molar-refractivity contribution in [1.82, 2.24) is 0 Å². The monoisotopic (exact) mass is 339 g/mol. The molecule has 0 unspecified atom stereocenters. The molecule has 1 amide bonds. The fourth-order valence-electron chi connectivity index (χ4n) is 3.28. The molecule has 128 valence electrons. The molecule has 0 bridgehead atoms. The van der Waals surface area contributed by atoms with Gasteiger partial charge in [0.2, 0.25) is 0 Å². The van der Waals surface area contributed by atoms with Gasteiger partial charge in [0, 0.05) is 12.3 Å². The van der Waals surface area contributed by atoms with E-state index >= 15 is 0 Å². The van der Waals surface area contributed by atoms with Gasteiger partial charge in [-0.3, -0.25) is 4.79 Å². The van der Waals surface area contributed by atoms with Crippen LogP contribution in [0.4, 0.5) is 5.69 Å². The number of hydrogen-bond acceptors (Lipinski definition) is 3. The maximum atomic E-state index is 12.8. The number of nitrogens with one attached hydrogen (secondary N) is 1. The third-order valence-corrected chi connectivity index (χ3v) is 4.58. The van der Waals surface area contributed by atoms with Crippen LogP contribution in [0.15, 0.2) is 18.2 Å². The lowest BCUT2D eigenvalue weighted by Gasteiger charge is -2.38. The number of hydrogen-bond donors (Lipinski definition) is 1. The first-order valence-corrected chi connectivity index (χ1v) is 8.76. The quantitative estimate of drug-likeness (QED) is 0.819. The van der Waals surface area contributed by atoms with E-state index in [-0.39, 0.29) is 5.91 Å². The lowest BCUT2D eigenvalue weighted by atomic mass is 9.78. The molecule has 2 rings (SSSR count). The van der Waals surface area contributed by atoms with E-state index in [2.05, 4.69) is 12.2 Å². The van der Waals surface area contributed by atoms with Crippen LogP contribution >= 0.6 is 11.6 Å². The Kier molecular flexibility index (Phi) is 6.31. The number of anilines is 1. The molecule has 0 aromatic heterocycles. The molecule has 1 aromatic carbocycles. The van der Waals surface area contributed by atoms with Crippen LogP contribution in [0, 0.1) is 5.92 Å². The molecule has 5 heteroatoms. The van der Waals surface area contributed by atoms with Gasteiger partial charge >= 0.3 is 0 Å². The summed E-state index contributed by atoms with van der Waals surface area (Å²) in [6.07, 6.45) is 3.69. The van der Waals surface area contributed by atoms with Crippen LogP contribution < -0.4 is 10.1 Å². The number of amides is 1. The van der Waals surface area contributed by atoms with Crippen LogP contribution in [0.2, 0.25) is 5.02 Å². The second-order valence-corrected chi connectivity index (χ2v) is 6.57. The highest BCUT2D eigenvalue weighted by Gasteiger charge is 2.42. The molecule has 4 nitrogen and oxygen atoms in total. The molecule has 1 aliphatic carbocycles. The molecule has 0 radical (unpaired) electrons. The van der Waals surface area contributed by atoms with Crippen LogP contribution in [0.25, 0.3) is 0 Å². The van der Waals surface area contributed by atoms with Gasteiger partial charge in [0.05, 0.1) is 11.6 Å². The van der Waals surface area contributed by atoms with E-state index in [4.69, 9.17) is 21.1 Å². The smallest absolute Gasteiger partial charge is 0.256 e. The number of ether oxygens (including phenoxy) is 2. The summed E-state index contributed by atoms with van der Waals surface area (Å²) < 4.78 is 11.3. The summed E-state index contributed by atoms with van der Waals surface area (Å²) in [6.45, 7) is 7.10. The summed E-state index contributed by atoms with van der Waals surface area (Å²) in [5.41, 5.74) is -0.0574. The Morgan fingerprint density at radius 3 is 2.78 bits per heavy atom. The van der Waals surface area contributed by atoms with Crippen molar-refractivity contribution in [1.29, 1.82) is 0 Å². The summed E-state index contributed by atoms with van der Waals surface area (Å²) in [4.78, 5) is 12.8. The number of benzene rings is 1. The van der Waals surface area contributed by atoms with Crippen molar-refractivity contribution < 1.29 is 14.3 Å². The highest BCUT2D eigenvalue weighted by molar-refractivity contribution is 6.32. The van der Waals surface area contributed by atoms with E-state index in [9.17, 15) is 4.79 Å². The molecular formula is C18H26ClNO3. The van der Waals surface area contributed by atoms with Crippen molar-refractivity contribution in [3.05, 3.63) is 23.2 Å². The molecule has 0 saturated heterocycles. The molecule has 1 aliphatic rings. The molecule has 1 fully saturated rings. The van der Waals surface area contributed by atoms with E-state index in [0.29, 0.717) is 35.6 Å². The standard InChI is InChI=1S/C18H26ClNO3/c1-4-22-16-9-8-14(11-15(16)19)20-17(21)18(23-5-2)10-6-7-13(3)12-18/h8-9,11,13H,4-7,10,12H2,1-3H3,(H,20,21)/t13-,18-/m1/s1. The Hall–Kier alpha value is -1.26. The van der Waals surface area contributed by atoms with Gasteiger partial charge in [-0.2, -0.15) is 0 Å². The molecule has 1 aromatic rings. The Morgan fingerprint density at radius 1 is 1.39 bits per heavy atom. The normalized spacial score (nSPS) is 24.3. The lowest BCUT2D eigenvalue weighted by molar-refractivity contribution is -0.147. The van der Waals surface area contributed by atoms with Gasteiger partial charge in [-0.05, 0) is 57.2 Å². The zero-order valence-corrected chi connectivity index (χ0v) is 14.9. The Bertz CT molecular complexity index is 545. The van der Waals surface area contributed by atoms with Crippen molar-refractivity contribution in [3.8, 4) is 5.75 Å². The van der Waals surface area contributed by atoms with Crippen LogP contribution in [0.3, 0.4) is 0 Å². The third-order valence-electron chi connectivity index (χ3n) is 4.28. The summed E-state index contributed by atoms with van der Waals surface area (Å²) in [6, 6.07) is 5.30. The van der Waals surface area contributed by atoms with Gasteiger partial charge in [-0.1, -0.05) is 24.9 Å². The van der Waals surface area contributed by atoms with Crippen molar-refractivity contribution in [2.24, 2.45) is 5.92 Å². The summed E-state index contributed by atoms with van der Waals surface area (Å²) in [7, 11) is 0. The maximum absolute atomic E-state index is 12.8. The third kappa shape index (κ3) is 4.39. The Balaban J connectivity index is 2.13. The van der Waals surface area contributed by atoms with Crippen LogP contribution in [0.5, 0.6) is 5.75 Å². The predicted molar refractivity (Wildman–Crippen MR) is 93.2 cm³/mol. The van der Waals surface area contributed by atoms with Gasteiger partial charge in [0.25, 0.3) is 5.91 Å². The van der Waals surface area contributed by atoms with Crippen molar-refractivity contribution in [2.75, 3.05) is 18.5 Å². The molecule has 2 atom stereocenters. The number of carbonyl (C=O) groups is 1. The molecule has 1 N–H and O–H groups in total. The predicted octanol–water partition coefficient (Wildman–Crippen LogP) is 4.66. The first-order chi connectivity index (χ1) is 11.0. The van der Waals surface area contributed by atoms with Crippen molar-refractivity contribution >= 4 is 23.2 Å². The molecule has 0 aliphatic heterocycles. The summed E-state index contributed by atoms with van der Waals surface area (Å²) in [5, 5.41) is 3.46. The van der Waals surface area contributed by atoms with E-state index in [1.165, 1.54) is 0 Å². The van der Waals surface area contributed by atoms with Gasteiger partial charge in [0.15, 0.2) is 0 Å². The van der Waals surface area contributed by atoms with Crippen LogP contribution in [0.1, 0.15) is 46.5 Å². The largest absolute Gasteiger partial charge is 0.492 e. The minimum atomic E-state index is -0.725. The SMILES string of the molecule is CCOc1ccc(NC(=O)[C@@]2(OCC)CCC[C@@H](C)C2)cc1Cl. The highest BCUT2D eigenvalue weighted by atomic mass is 35.5. The zero-order valence-electron chi connectivity index (χ0n) is 14.2. The summed E-state index contributed by atoms with van der Waals surface area (Å²) in [5.74, 6) is 1.04. The second kappa shape index (κ2) is 8.02. The molecule has 1 saturated carbocycles. The van der Waals surface area contributed by atoms with Crippen LogP contribution in [-0.4, -0.2) is 24.7 Å². The zero-order chi connectivity index (χ0) is 16.9. The fraction of sp³-hybridized carbons (Fsp3) is 0.611. The lowest BCUT2D eigenvalue weighted by Crippen LogP contribution is -2.48. The first kappa shape index (κ1) is 18.1. The summed E-state index contributed by atoms with van der Waals surface area (Å²) >= 11 is 6.19. The highest BCUT2D eigenvalue weighted by Crippen LogP contribution is 2.36. The Morgan fingerprint density at radius 2 is 2.17 bits per heavy atom. The van der Waals surface area contributed by atoms with Crippen LogP contribution in [-0.2, 0) is 9.53 Å². The van der Waals surface area contributed by atoms with Gasteiger partial charge < -0.3 is 14.8 Å². The average molecular weight is 340 g/mol. The van der Waals surface area contributed by atoms with Crippen molar-refractivity contribution in [2.45, 2.75) is 52.1 Å². The maximum Gasteiger partial charge on any atom is 0.256 e.